The summed E-state index contributed by atoms with van der Waals surface area (Å²) >= 11 is 0. The number of nitrogens with zero attached hydrogens (tertiary/aromatic N) is 1. The van der Waals surface area contributed by atoms with Crippen LogP contribution in [-0.4, -0.2) is 37.0 Å². The molecule has 1 fully saturated rings. The van der Waals surface area contributed by atoms with Crippen molar-refractivity contribution in [2.75, 3.05) is 20.3 Å². The van der Waals surface area contributed by atoms with E-state index in [-0.39, 0.29) is 31.6 Å². The van der Waals surface area contributed by atoms with Crippen LogP contribution in [0.5, 0.6) is 5.75 Å². The smallest absolute Gasteiger partial charge is 0.255 e. The molecule has 0 aromatic heterocycles. The van der Waals surface area contributed by atoms with Crippen LogP contribution in [0.4, 0.5) is 0 Å². The van der Waals surface area contributed by atoms with Crippen LogP contribution in [0.15, 0.2) is 18.2 Å². The largest absolute Gasteiger partial charge is 0.496 e. The Morgan fingerprint density at radius 1 is 1.32 bits per heavy atom. The molecule has 1 aliphatic heterocycles. The van der Waals surface area contributed by atoms with Crippen LogP contribution in [0, 0.1) is 0 Å². The van der Waals surface area contributed by atoms with Gasteiger partial charge in [0.15, 0.2) is 0 Å². The van der Waals surface area contributed by atoms with Crippen LogP contribution in [0.1, 0.15) is 11.1 Å². The third-order valence-corrected chi connectivity index (χ3v) is 2.96. The minimum atomic E-state index is -0.318. The van der Waals surface area contributed by atoms with Gasteiger partial charge in [0.1, 0.15) is 19.0 Å². The molecule has 1 aliphatic rings. The van der Waals surface area contributed by atoms with E-state index < -0.39 is 0 Å². The molecule has 0 aliphatic carbocycles. The average Bonchev–Trinajstić information content (AvgIpc) is 2.42. The predicted molar refractivity (Wildman–Crippen MR) is 67.3 cm³/mol. The zero-order valence-electron chi connectivity index (χ0n) is 10.7. The van der Waals surface area contributed by atoms with Gasteiger partial charge >= 0.3 is 0 Å². The lowest BCUT2D eigenvalue weighted by molar-refractivity contribution is -0.159. The lowest BCUT2D eigenvalue weighted by Gasteiger charge is -2.25. The van der Waals surface area contributed by atoms with E-state index in [9.17, 15) is 9.59 Å². The van der Waals surface area contributed by atoms with Gasteiger partial charge in [0, 0.05) is 12.1 Å². The second-order valence-electron chi connectivity index (χ2n) is 4.22. The van der Waals surface area contributed by atoms with E-state index in [0.717, 1.165) is 11.1 Å². The summed E-state index contributed by atoms with van der Waals surface area (Å²) in [6.07, 6.45) is 0. The quantitative estimate of drug-likeness (QED) is 0.776. The summed E-state index contributed by atoms with van der Waals surface area (Å²) in [4.78, 5) is 24.4. The van der Waals surface area contributed by atoms with Crippen molar-refractivity contribution in [1.29, 1.82) is 0 Å². The zero-order valence-corrected chi connectivity index (χ0v) is 10.7. The van der Waals surface area contributed by atoms with E-state index in [1.54, 1.807) is 13.2 Å². The van der Waals surface area contributed by atoms with Gasteiger partial charge in [-0.1, -0.05) is 6.07 Å². The Kier molecular flexibility index (Phi) is 4.13. The van der Waals surface area contributed by atoms with Gasteiger partial charge in [-0.15, -0.1) is 0 Å². The standard InChI is InChI=1S/C13H16N2O4/c1-18-11-3-2-9(4-10(11)5-14)6-15-12(16)7-19-8-13(15)17/h2-4H,5-8,14H2,1H3. The Hall–Kier alpha value is -1.92. The van der Waals surface area contributed by atoms with Gasteiger partial charge in [0.05, 0.1) is 13.7 Å². The van der Waals surface area contributed by atoms with E-state index in [1.807, 2.05) is 12.1 Å². The van der Waals surface area contributed by atoms with Crippen molar-refractivity contribution >= 4 is 11.8 Å². The maximum absolute atomic E-state index is 11.6. The summed E-state index contributed by atoms with van der Waals surface area (Å²) in [5, 5.41) is 0. The molecule has 0 atom stereocenters. The SMILES string of the molecule is COc1ccc(CN2C(=O)COCC2=O)cc1CN. The molecule has 102 valence electrons. The van der Waals surface area contributed by atoms with Gasteiger partial charge in [0.2, 0.25) is 0 Å². The molecule has 2 amide bonds. The fourth-order valence-electron chi connectivity index (χ4n) is 1.97. The Balaban J connectivity index is 2.18. The Labute approximate surface area is 111 Å². The molecular formula is C13H16N2O4. The summed E-state index contributed by atoms with van der Waals surface area (Å²) in [6, 6.07) is 5.44. The maximum Gasteiger partial charge on any atom is 0.255 e. The van der Waals surface area contributed by atoms with Crippen molar-refractivity contribution in [2.24, 2.45) is 5.73 Å². The number of methoxy groups -OCH3 is 1. The summed E-state index contributed by atoms with van der Waals surface area (Å²) in [7, 11) is 1.57. The summed E-state index contributed by atoms with van der Waals surface area (Å²) in [5.74, 6) is 0.0635. The van der Waals surface area contributed by atoms with Gasteiger partial charge in [-0.2, -0.15) is 0 Å². The second-order valence-corrected chi connectivity index (χ2v) is 4.22. The topological polar surface area (TPSA) is 81.9 Å². The Bertz CT molecular complexity index is 485. The van der Waals surface area contributed by atoms with Crippen molar-refractivity contribution in [2.45, 2.75) is 13.1 Å². The molecule has 0 bridgehead atoms. The third-order valence-electron chi connectivity index (χ3n) is 2.96. The van der Waals surface area contributed by atoms with Crippen molar-refractivity contribution < 1.29 is 19.1 Å². The molecule has 1 heterocycles. The number of benzene rings is 1. The maximum atomic E-state index is 11.6. The molecule has 1 aromatic rings. The lowest BCUT2D eigenvalue weighted by Crippen LogP contribution is -2.45. The number of imide groups is 1. The zero-order chi connectivity index (χ0) is 13.8. The molecule has 1 saturated heterocycles. The molecule has 6 heteroatoms. The fraction of sp³-hybridized carbons (Fsp3) is 0.385. The number of hydrogen-bond donors (Lipinski definition) is 1. The number of nitrogens with two attached hydrogens (primary N) is 1. The van der Waals surface area contributed by atoms with E-state index >= 15 is 0 Å². The summed E-state index contributed by atoms with van der Waals surface area (Å²) in [5.41, 5.74) is 7.31. The monoisotopic (exact) mass is 264 g/mol. The van der Waals surface area contributed by atoms with Gasteiger partial charge < -0.3 is 15.2 Å². The normalized spacial score (nSPS) is 15.8. The Morgan fingerprint density at radius 3 is 2.58 bits per heavy atom. The molecular weight excluding hydrogens is 248 g/mol. The fourth-order valence-corrected chi connectivity index (χ4v) is 1.97. The number of amides is 2. The highest BCUT2D eigenvalue weighted by Crippen LogP contribution is 2.20. The van der Waals surface area contributed by atoms with Crippen molar-refractivity contribution in [3.63, 3.8) is 0 Å². The second kappa shape index (κ2) is 5.81. The average molecular weight is 264 g/mol. The van der Waals surface area contributed by atoms with Crippen molar-refractivity contribution in [3.05, 3.63) is 29.3 Å². The summed E-state index contributed by atoms with van der Waals surface area (Å²) < 4.78 is 10.0. The molecule has 0 saturated carbocycles. The number of hydrogen-bond acceptors (Lipinski definition) is 5. The van der Waals surface area contributed by atoms with Crippen LogP contribution < -0.4 is 10.5 Å². The molecule has 2 N–H and O–H groups in total. The first-order valence-electron chi connectivity index (χ1n) is 5.92. The number of ether oxygens (including phenoxy) is 2. The highest BCUT2D eigenvalue weighted by molar-refractivity contribution is 5.98. The predicted octanol–water partition coefficient (Wildman–Crippen LogP) is 0.0393. The van der Waals surface area contributed by atoms with Crippen molar-refractivity contribution in [1.82, 2.24) is 4.90 Å². The van der Waals surface area contributed by atoms with Crippen LogP contribution in [0.2, 0.25) is 0 Å². The van der Waals surface area contributed by atoms with Crippen LogP contribution >= 0.6 is 0 Å². The van der Waals surface area contributed by atoms with E-state index in [2.05, 4.69) is 0 Å². The minimum Gasteiger partial charge on any atom is -0.496 e. The van der Waals surface area contributed by atoms with Crippen LogP contribution in [0.3, 0.4) is 0 Å². The van der Waals surface area contributed by atoms with Crippen LogP contribution in [-0.2, 0) is 27.4 Å². The minimum absolute atomic E-state index is 0.0500. The van der Waals surface area contributed by atoms with E-state index in [1.165, 1.54) is 4.90 Å². The molecule has 0 spiro atoms. The number of carbonyl (C=O) groups is 2. The number of rotatable bonds is 4. The lowest BCUT2D eigenvalue weighted by atomic mass is 10.1. The van der Waals surface area contributed by atoms with E-state index in [0.29, 0.717) is 12.3 Å². The summed E-state index contributed by atoms with van der Waals surface area (Å²) in [6.45, 7) is 0.470. The molecule has 0 unspecified atom stereocenters. The van der Waals surface area contributed by atoms with Gasteiger partial charge in [0.25, 0.3) is 11.8 Å². The van der Waals surface area contributed by atoms with Crippen molar-refractivity contribution in [3.8, 4) is 5.75 Å². The van der Waals surface area contributed by atoms with Crippen LogP contribution in [0.25, 0.3) is 0 Å². The Morgan fingerprint density at radius 2 is 2.00 bits per heavy atom. The van der Waals surface area contributed by atoms with E-state index in [4.69, 9.17) is 15.2 Å². The first kappa shape index (κ1) is 13.5. The number of carbonyl (C=O) groups excluding carboxylic acids is 2. The highest BCUT2D eigenvalue weighted by atomic mass is 16.5. The highest BCUT2D eigenvalue weighted by Gasteiger charge is 2.26. The molecule has 1 aromatic carbocycles. The molecule has 0 radical (unpaired) electrons. The molecule has 6 nitrogen and oxygen atoms in total. The van der Waals surface area contributed by atoms with Gasteiger partial charge in [-0.3, -0.25) is 14.5 Å². The third kappa shape index (κ3) is 2.91. The number of morpholine rings is 1. The first-order chi connectivity index (χ1) is 9.15. The van der Waals surface area contributed by atoms with Gasteiger partial charge in [-0.25, -0.2) is 0 Å². The molecule has 19 heavy (non-hydrogen) atoms. The van der Waals surface area contributed by atoms with Gasteiger partial charge in [-0.05, 0) is 17.7 Å². The first-order valence-corrected chi connectivity index (χ1v) is 5.92. The molecule has 2 rings (SSSR count).